The molecule has 3 aliphatic rings. The molecule has 4 rings (SSSR count). The zero-order valence-electron chi connectivity index (χ0n) is 15.0. The summed E-state index contributed by atoms with van der Waals surface area (Å²) < 4.78 is 7.26. The van der Waals surface area contributed by atoms with Crippen LogP contribution in [0.3, 0.4) is 0 Å². The summed E-state index contributed by atoms with van der Waals surface area (Å²) in [6.45, 7) is 5.12. The molecular weight excluding hydrogens is 395 g/mol. The molecule has 2 fully saturated rings. The molecule has 23 heavy (non-hydrogen) atoms. The van der Waals surface area contributed by atoms with E-state index in [0.717, 1.165) is 29.4 Å². The molecule has 1 aromatic carbocycles. The molecule has 128 valence electrons. The first kappa shape index (κ1) is 16.2. The minimum absolute atomic E-state index is 0.0841. The second kappa shape index (κ2) is 5.93. The Bertz CT molecular complexity index is 610. The molecule has 0 aromatic heterocycles. The van der Waals surface area contributed by atoms with E-state index in [1.807, 2.05) is 7.11 Å². The standard InChI is InChI=1S/C21H30IO/c1-13-5-9-18-16-6-7-17-14(15(16)11-12-21(13,18)2)8-10-19(23-4)20(17)22-3/h8,10,13,15-16,18H,5-7,9,11-12H2,1-4H3/q-1/t13-,15?,16?,18?,21+/m0/s1. The Morgan fingerprint density at radius 1 is 1.17 bits per heavy atom. The summed E-state index contributed by atoms with van der Waals surface area (Å²) in [6.07, 6.45) is 8.54. The molecule has 0 heterocycles. The van der Waals surface area contributed by atoms with Crippen LogP contribution in [0.4, 0.5) is 0 Å². The first-order chi connectivity index (χ1) is 11.1. The molecule has 0 spiro atoms. The SMILES string of the molecule is COc1ccc2c(c1[I-]C)CCC1C2CC[C@@]2(C)C1CC[C@@H]2C. The average Bonchev–Trinajstić information content (AvgIpc) is 2.88. The van der Waals surface area contributed by atoms with Crippen molar-refractivity contribution in [1.29, 1.82) is 0 Å². The van der Waals surface area contributed by atoms with Gasteiger partial charge in [-0.15, -0.1) is 0 Å². The van der Waals surface area contributed by atoms with E-state index < -0.39 is 0 Å². The second-order valence-electron chi connectivity index (χ2n) is 8.28. The third kappa shape index (κ3) is 2.30. The monoisotopic (exact) mass is 425 g/mol. The Kier molecular flexibility index (Phi) is 4.18. The summed E-state index contributed by atoms with van der Waals surface area (Å²) in [5.74, 6) is 4.85. The average molecular weight is 425 g/mol. The van der Waals surface area contributed by atoms with Gasteiger partial charge in [-0.3, -0.25) is 0 Å². The van der Waals surface area contributed by atoms with E-state index in [9.17, 15) is 0 Å². The Labute approximate surface area is 151 Å². The van der Waals surface area contributed by atoms with Gasteiger partial charge in [-0.05, 0) is 0 Å². The normalized spacial score (nSPS) is 38.8. The molecule has 5 atom stereocenters. The number of ether oxygens (including phenoxy) is 1. The van der Waals surface area contributed by atoms with Gasteiger partial charge in [-0.2, -0.15) is 0 Å². The van der Waals surface area contributed by atoms with Crippen LogP contribution in [0.1, 0.15) is 63.0 Å². The van der Waals surface area contributed by atoms with Crippen molar-refractivity contribution >= 4 is 0 Å². The van der Waals surface area contributed by atoms with Crippen LogP contribution in [-0.4, -0.2) is 12.0 Å². The number of benzene rings is 1. The number of alkyl halides is 1. The Morgan fingerprint density at radius 3 is 2.74 bits per heavy atom. The summed E-state index contributed by atoms with van der Waals surface area (Å²) in [4.78, 5) is 2.39. The van der Waals surface area contributed by atoms with Crippen LogP contribution < -0.4 is 25.9 Å². The molecule has 3 unspecified atom stereocenters. The molecule has 0 radical (unpaired) electrons. The van der Waals surface area contributed by atoms with Crippen molar-refractivity contribution in [2.75, 3.05) is 12.0 Å². The van der Waals surface area contributed by atoms with Crippen LogP contribution >= 0.6 is 0 Å². The third-order valence-corrected chi connectivity index (χ3v) is 9.95. The Hall–Kier alpha value is -0.250. The predicted octanol–water partition coefficient (Wildman–Crippen LogP) is 2.08. The van der Waals surface area contributed by atoms with Gasteiger partial charge >= 0.3 is 152 Å². The second-order valence-corrected chi connectivity index (χ2v) is 10.4. The number of fused-ring (bicyclic) bond motifs is 5. The number of hydrogen-bond donors (Lipinski definition) is 0. The van der Waals surface area contributed by atoms with Crippen molar-refractivity contribution in [3.8, 4) is 5.75 Å². The van der Waals surface area contributed by atoms with Crippen LogP contribution in [-0.2, 0) is 6.42 Å². The molecule has 2 saturated carbocycles. The van der Waals surface area contributed by atoms with Crippen molar-refractivity contribution in [2.45, 2.75) is 58.3 Å². The van der Waals surface area contributed by atoms with E-state index >= 15 is 0 Å². The third-order valence-electron chi connectivity index (χ3n) is 7.69. The predicted molar refractivity (Wildman–Crippen MR) is 91.4 cm³/mol. The zero-order chi connectivity index (χ0) is 16.2. The van der Waals surface area contributed by atoms with E-state index in [1.54, 1.807) is 14.7 Å². The minimum atomic E-state index is 0.0841. The van der Waals surface area contributed by atoms with E-state index in [2.05, 4.69) is 30.9 Å². The van der Waals surface area contributed by atoms with Gasteiger partial charge in [0.2, 0.25) is 0 Å². The van der Waals surface area contributed by atoms with Gasteiger partial charge in [0.05, 0.1) is 0 Å². The van der Waals surface area contributed by atoms with Crippen molar-refractivity contribution in [3.05, 3.63) is 26.8 Å². The van der Waals surface area contributed by atoms with Crippen molar-refractivity contribution in [1.82, 2.24) is 0 Å². The molecule has 0 amide bonds. The van der Waals surface area contributed by atoms with Crippen molar-refractivity contribution in [2.24, 2.45) is 23.2 Å². The van der Waals surface area contributed by atoms with Crippen LogP contribution in [0.15, 0.2) is 12.1 Å². The van der Waals surface area contributed by atoms with Gasteiger partial charge in [-0.25, -0.2) is 0 Å². The maximum atomic E-state index is 5.67. The molecule has 0 N–H and O–H groups in total. The van der Waals surface area contributed by atoms with Gasteiger partial charge in [0.25, 0.3) is 0 Å². The number of methoxy groups -OCH3 is 1. The first-order valence-electron chi connectivity index (χ1n) is 9.29. The van der Waals surface area contributed by atoms with Crippen LogP contribution in [0.5, 0.6) is 5.75 Å². The summed E-state index contributed by atoms with van der Waals surface area (Å²) in [6, 6.07) is 4.69. The van der Waals surface area contributed by atoms with Crippen molar-refractivity contribution in [3.63, 3.8) is 0 Å². The Morgan fingerprint density at radius 2 is 2.00 bits per heavy atom. The molecular formula is C21H30IO-. The zero-order valence-corrected chi connectivity index (χ0v) is 17.2. The quantitative estimate of drug-likeness (QED) is 0.521. The van der Waals surface area contributed by atoms with Gasteiger partial charge in [0.15, 0.2) is 0 Å². The van der Waals surface area contributed by atoms with Gasteiger partial charge in [0, 0.05) is 0 Å². The van der Waals surface area contributed by atoms with E-state index in [0.29, 0.717) is 5.41 Å². The first-order valence-corrected chi connectivity index (χ1v) is 12.5. The molecule has 1 aromatic rings. The molecule has 1 nitrogen and oxygen atoms in total. The van der Waals surface area contributed by atoms with E-state index in [4.69, 9.17) is 4.74 Å². The maximum absolute atomic E-state index is 5.67. The topological polar surface area (TPSA) is 9.23 Å². The van der Waals surface area contributed by atoms with Crippen molar-refractivity contribution < 1.29 is 25.9 Å². The molecule has 0 bridgehead atoms. The number of hydrogen-bond acceptors (Lipinski definition) is 1. The van der Waals surface area contributed by atoms with E-state index in [1.165, 1.54) is 38.5 Å². The fraction of sp³-hybridized carbons (Fsp3) is 0.714. The fourth-order valence-corrected chi connectivity index (χ4v) is 8.39. The summed E-state index contributed by atoms with van der Waals surface area (Å²) in [5.41, 5.74) is 4.03. The van der Waals surface area contributed by atoms with Gasteiger partial charge < -0.3 is 0 Å². The summed E-state index contributed by atoms with van der Waals surface area (Å²) in [7, 11) is 1.84. The van der Waals surface area contributed by atoms with Crippen LogP contribution in [0.2, 0.25) is 0 Å². The summed E-state index contributed by atoms with van der Waals surface area (Å²) >= 11 is 0.0841. The molecule has 3 aliphatic carbocycles. The van der Waals surface area contributed by atoms with Crippen LogP contribution in [0.25, 0.3) is 0 Å². The molecule has 0 aliphatic heterocycles. The number of halogens is 1. The van der Waals surface area contributed by atoms with Crippen LogP contribution in [0, 0.1) is 26.7 Å². The van der Waals surface area contributed by atoms with E-state index in [-0.39, 0.29) is 21.2 Å². The molecule has 2 heteroatoms. The summed E-state index contributed by atoms with van der Waals surface area (Å²) in [5, 5.41) is 0. The Balaban J connectivity index is 1.73. The fourth-order valence-electron chi connectivity index (χ4n) is 6.23. The number of rotatable bonds is 2. The van der Waals surface area contributed by atoms with Gasteiger partial charge in [0.1, 0.15) is 0 Å². The van der Waals surface area contributed by atoms with Gasteiger partial charge in [-0.1, -0.05) is 0 Å². The molecule has 0 saturated heterocycles.